The Kier molecular flexibility index (Phi) is 6.50. The number of nitrogens with zero attached hydrogens (tertiary/aromatic N) is 5. The quantitative estimate of drug-likeness (QED) is 0.409. The summed E-state index contributed by atoms with van der Waals surface area (Å²) in [5.74, 6) is -0.174. The second-order valence-corrected chi connectivity index (χ2v) is 8.05. The first-order valence-corrected chi connectivity index (χ1v) is 10.9. The van der Waals surface area contributed by atoms with Crippen molar-refractivity contribution in [2.75, 3.05) is 10.6 Å². The maximum atomic E-state index is 14.6. The summed E-state index contributed by atoms with van der Waals surface area (Å²) in [4.78, 5) is 25.6. The molecule has 0 aliphatic carbocycles. The molecule has 0 aliphatic heterocycles. The van der Waals surface area contributed by atoms with E-state index in [1.807, 2.05) is 13.1 Å². The number of pyridine rings is 1. The van der Waals surface area contributed by atoms with Crippen LogP contribution in [0.15, 0.2) is 42.7 Å². The summed E-state index contributed by atoms with van der Waals surface area (Å²) in [5.41, 5.74) is 3.34. The van der Waals surface area contributed by atoms with Gasteiger partial charge in [-0.05, 0) is 51.1 Å². The van der Waals surface area contributed by atoms with Gasteiger partial charge in [-0.3, -0.25) is 14.5 Å². The number of fused-ring (bicyclic) bond motifs is 1. The molecular weight excluding hydrogens is 445 g/mol. The van der Waals surface area contributed by atoms with Crippen molar-refractivity contribution in [3.63, 3.8) is 0 Å². The van der Waals surface area contributed by atoms with E-state index in [-0.39, 0.29) is 12.3 Å². The Balaban J connectivity index is 1.46. The molecule has 10 heteroatoms. The van der Waals surface area contributed by atoms with E-state index in [9.17, 15) is 9.18 Å². The van der Waals surface area contributed by atoms with E-state index in [1.165, 1.54) is 12.1 Å². The number of aryl methyl sites for hydroxylation is 2. The highest BCUT2D eigenvalue weighted by molar-refractivity contribution is 6.31. The van der Waals surface area contributed by atoms with Gasteiger partial charge in [0.15, 0.2) is 0 Å². The summed E-state index contributed by atoms with van der Waals surface area (Å²) >= 11 is 5.99. The number of aromatic nitrogens is 5. The molecule has 0 radical (unpaired) electrons. The molecule has 0 spiro atoms. The molecule has 33 heavy (non-hydrogen) atoms. The van der Waals surface area contributed by atoms with Gasteiger partial charge in [0.1, 0.15) is 17.2 Å². The Labute approximate surface area is 195 Å². The lowest BCUT2D eigenvalue weighted by Crippen LogP contribution is -2.16. The zero-order chi connectivity index (χ0) is 23.5. The van der Waals surface area contributed by atoms with Crippen LogP contribution < -0.4 is 10.6 Å². The molecule has 0 saturated carbocycles. The molecular formula is C23H23ClFN7O. The van der Waals surface area contributed by atoms with Gasteiger partial charge in [-0.2, -0.15) is 5.10 Å². The highest BCUT2D eigenvalue weighted by Crippen LogP contribution is 2.25. The van der Waals surface area contributed by atoms with Crippen molar-refractivity contribution in [3.05, 3.63) is 70.5 Å². The minimum atomic E-state index is -0.428. The number of rotatable bonds is 7. The number of nitrogens with one attached hydrogen (secondary N) is 2. The van der Waals surface area contributed by atoms with Crippen LogP contribution in [0.5, 0.6) is 0 Å². The standard InChI is InChI=1S/C23H23ClFN7O/c1-4-32-12-20-23(31-32)30-21(11-26-20)28-13(2)17-9-15(6-8-19(17)25)29-22(33)10-16-5-7-18(24)14(3)27-16/h5-9,11-13H,4,10H2,1-3H3,(H,29,33)(H,28,30,31)/t13-/m0/s1. The van der Waals surface area contributed by atoms with Gasteiger partial charge in [0.2, 0.25) is 11.6 Å². The molecule has 8 nitrogen and oxygen atoms in total. The molecule has 1 amide bonds. The highest BCUT2D eigenvalue weighted by Gasteiger charge is 2.15. The summed E-state index contributed by atoms with van der Waals surface area (Å²) in [6, 6.07) is 7.44. The van der Waals surface area contributed by atoms with Gasteiger partial charge < -0.3 is 10.6 Å². The molecule has 2 N–H and O–H groups in total. The van der Waals surface area contributed by atoms with Gasteiger partial charge in [-0.15, -0.1) is 0 Å². The van der Waals surface area contributed by atoms with Gasteiger partial charge in [0.25, 0.3) is 0 Å². The maximum Gasteiger partial charge on any atom is 0.230 e. The number of carbonyl (C=O) groups is 1. The first kappa shape index (κ1) is 22.6. The van der Waals surface area contributed by atoms with Crippen LogP contribution in [0.3, 0.4) is 0 Å². The topological polar surface area (TPSA) is 97.6 Å². The van der Waals surface area contributed by atoms with Crippen LogP contribution in [-0.4, -0.2) is 30.6 Å². The first-order valence-electron chi connectivity index (χ1n) is 10.5. The van der Waals surface area contributed by atoms with E-state index < -0.39 is 11.9 Å². The van der Waals surface area contributed by atoms with Crippen LogP contribution in [0.2, 0.25) is 5.02 Å². The number of carbonyl (C=O) groups excluding carboxylic acids is 1. The number of hydrogen-bond acceptors (Lipinski definition) is 6. The molecule has 0 bridgehead atoms. The van der Waals surface area contributed by atoms with Gasteiger partial charge in [0, 0.05) is 17.8 Å². The summed E-state index contributed by atoms with van der Waals surface area (Å²) < 4.78 is 16.3. The molecule has 1 aromatic carbocycles. The second kappa shape index (κ2) is 9.50. The van der Waals surface area contributed by atoms with Crippen LogP contribution in [0.4, 0.5) is 15.9 Å². The van der Waals surface area contributed by atoms with E-state index in [0.717, 1.165) is 0 Å². The molecule has 4 rings (SSSR count). The fourth-order valence-corrected chi connectivity index (χ4v) is 3.50. The smallest absolute Gasteiger partial charge is 0.230 e. The number of benzene rings is 1. The number of amides is 1. The molecule has 0 aliphatic rings. The minimum absolute atomic E-state index is 0.0819. The van der Waals surface area contributed by atoms with Gasteiger partial charge in [-0.1, -0.05) is 11.6 Å². The molecule has 0 fully saturated rings. The predicted octanol–water partition coefficient (Wildman–Crippen LogP) is 4.70. The Morgan fingerprint density at radius 2 is 2.06 bits per heavy atom. The second-order valence-electron chi connectivity index (χ2n) is 7.65. The van der Waals surface area contributed by atoms with Gasteiger partial charge >= 0.3 is 0 Å². The van der Waals surface area contributed by atoms with Gasteiger partial charge in [0.05, 0.1) is 41.3 Å². The van der Waals surface area contributed by atoms with Crippen LogP contribution in [0, 0.1) is 12.7 Å². The SMILES string of the molecule is CCn1cc2ncc(N[C@@H](C)c3cc(NC(=O)Cc4ccc(Cl)c(C)n4)ccc3F)nc2n1. The van der Waals surface area contributed by atoms with E-state index >= 15 is 0 Å². The minimum Gasteiger partial charge on any atom is -0.362 e. The maximum absolute atomic E-state index is 14.6. The van der Waals surface area contributed by atoms with Gasteiger partial charge in [-0.25, -0.2) is 14.4 Å². The van der Waals surface area contributed by atoms with Crippen molar-refractivity contribution in [1.82, 2.24) is 24.7 Å². The lowest BCUT2D eigenvalue weighted by Gasteiger charge is -2.17. The fraction of sp³-hybridized carbons (Fsp3) is 0.261. The van der Waals surface area contributed by atoms with Crippen molar-refractivity contribution >= 4 is 40.2 Å². The van der Waals surface area contributed by atoms with Crippen LogP contribution >= 0.6 is 11.6 Å². The third-order valence-corrected chi connectivity index (χ3v) is 5.53. The summed E-state index contributed by atoms with van der Waals surface area (Å²) in [6.45, 7) is 6.28. The number of halogens is 2. The van der Waals surface area contributed by atoms with Crippen LogP contribution in [-0.2, 0) is 17.8 Å². The zero-order valence-electron chi connectivity index (χ0n) is 18.4. The van der Waals surface area contributed by atoms with Crippen molar-refractivity contribution < 1.29 is 9.18 Å². The first-order chi connectivity index (χ1) is 15.8. The van der Waals surface area contributed by atoms with E-state index in [4.69, 9.17) is 11.6 Å². The van der Waals surface area contributed by atoms with Crippen molar-refractivity contribution in [2.45, 2.75) is 39.8 Å². The molecule has 3 aromatic heterocycles. The third-order valence-electron chi connectivity index (χ3n) is 5.13. The summed E-state index contributed by atoms with van der Waals surface area (Å²) in [6.07, 6.45) is 3.49. The number of hydrogen-bond donors (Lipinski definition) is 2. The van der Waals surface area contributed by atoms with Crippen molar-refractivity contribution in [3.8, 4) is 0 Å². The van der Waals surface area contributed by atoms with Crippen LogP contribution in [0.25, 0.3) is 11.2 Å². The molecule has 3 heterocycles. The van der Waals surface area contributed by atoms with Crippen LogP contribution in [0.1, 0.15) is 36.8 Å². The predicted molar refractivity (Wildman–Crippen MR) is 126 cm³/mol. The Bertz CT molecular complexity index is 1320. The average molecular weight is 468 g/mol. The zero-order valence-corrected chi connectivity index (χ0v) is 19.2. The van der Waals surface area contributed by atoms with Crippen molar-refractivity contribution in [1.29, 1.82) is 0 Å². The van der Waals surface area contributed by atoms with Crippen molar-refractivity contribution in [2.24, 2.45) is 0 Å². The summed E-state index contributed by atoms with van der Waals surface area (Å²) in [7, 11) is 0. The van der Waals surface area contributed by atoms with E-state index in [0.29, 0.717) is 51.2 Å². The largest absolute Gasteiger partial charge is 0.362 e. The lowest BCUT2D eigenvalue weighted by atomic mass is 10.1. The molecule has 4 aromatic rings. The molecule has 0 saturated heterocycles. The molecule has 1 atom stereocenters. The third kappa shape index (κ3) is 5.25. The Morgan fingerprint density at radius 1 is 1.24 bits per heavy atom. The highest BCUT2D eigenvalue weighted by atomic mass is 35.5. The normalized spacial score (nSPS) is 12.0. The number of anilines is 2. The summed E-state index contributed by atoms with van der Waals surface area (Å²) in [5, 5.41) is 10.8. The monoisotopic (exact) mass is 467 g/mol. The van der Waals surface area contributed by atoms with E-state index in [2.05, 4.69) is 30.7 Å². The average Bonchev–Trinajstić information content (AvgIpc) is 3.20. The molecule has 0 unspecified atom stereocenters. The Morgan fingerprint density at radius 3 is 2.82 bits per heavy atom. The Hall–Kier alpha value is -3.59. The molecule has 170 valence electrons. The fourth-order valence-electron chi connectivity index (χ4n) is 3.39. The van der Waals surface area contributed by atoms with E-state index in [1.54, 1.807) is 42.9 Å². The lowest BCUT2D eigenvalue weighted by molar-refractivity contribution is -0.115.